The molecule has 0 unspecified atom stereocenters. The average molecular weight is 301 g/mol. The topological polar surface area (TPSA) is 101 Å². The van der Waals surface area contributed by atoms with Crippen LogP contribution in [0.2, 0.25) is 0 Å². The Labute approximate surface area is 118 Å². The molecule has 0 saturated heterocycles. The van der Waals surface area contributed by atoms with Crippen LogP contribution in [-0.4, -0.2) is 34.6 Å². The Morgan fingerprint density at radius 1 is 1.40 bits per heavy atom. The summed E-state index contributed by atoms with van der Waals surface area (Å²) in [6, 6.07) is 0. The Balaban J connectivity index is 2.32. The fraction of sp³-hybridized carbons (Fsp3) is 0.667. The molecule has 0 aromatic carbocycles. The van der Waals surface area contributed by atoms with Crippen LogP contribution in [0.25, 0.3) is 0 Å². The van der Waals surface area contributed by atoms with Crippen LogP contribution in [-0.2, 0) is 21.9 Å². The third-order valence-corrected chi connectivity index (χ3v) is 5.21. The molecule has 1 fully saturated rings. The first kappa shape index (κ1) is 15.0. The zero-order valence-corrected chi connectivity index (χ0v) is 12.4. The number of nitrogens with zero attached hydrogens (tertiary/aromatic N) is 2. The largest absolute Gasteiger partial charge is 0.480 e. The highest BCUT2D eigenvalue weighted by atomic mass is 32.2. The van der Waals surface area contributed by atoms with Gasteiger partial charge < -0.3 is 9.67 Å². The minimum absolute atomic E-state index is 0.135. The minimum atomic E-state index is -3.93. The standard InChI is InChI=1S/C12H19N3O4S/c1-9-13-10(8-15(9)2)20(18,19)14-12(11(16)17)6-4-3-5-7-12/h8,14H,3-7H2,1-2H3,(H,16,17). The van der Waals surface area contributed by atoms with E-state index >= 15 is 0 Å². The Kier molecular flexibility index (Phi) is 3.88. The van der Waals surface area contributed by atoms with E-state index in [0.29, 0.717) is 31.5 Å². The van der Waals surface area contributed by atoms with Gasteiger partial charge in [0.25, 0.3) is 10.0 Å². The van der Waals surface area contributed by atoms with Gasteiger partial charge in [0, 0.05) is 13.2 Å². The van der Waals surface area contributed by atoms with E-state index in [2.05, 4.69) is 9.71 Å². The molecule has 8 heteroatoms. The van der Waals surface area contributed by atoms with Crippen LogP contribution in [0.5, 0.6) is 0 Å². The summed E-state index contributed by atoms with van der Waals surface area (Å²) in [5.41, 5.74) is -1.40. The summed E-state index contributed by atoms with van der Waals surface area (Å²) in [4.78, 5) is 15.5. The van der Waals surface area contributed by atoms with Gasteiger partial charge in [-0.25, -0.2) is 13.4 Å². The summed E-state index contributed by atoms with van der Waals surface area (Å²) in [7, 11) is -2.24. The number of aliphatic carboxylic acids is 1. The number of nitrogens with one attached hydrogen (secondary N) is 1. The van der Waals surface area contributed by atoms with Gasteiger partial charge in [-0.3, -0.25) is 4.79 Å². The lowest BCUT2D eigenvalue weighted by Crippen LogP contribution is -2.55. The molecule has 0 atom stereocenters. The fourth-order valence-corrected chi connectivity index (χ4v) is 3.94. The lowest BCUT2D eigenvalue weighted by Gasteiger charge is -2.33. The molecule has 0 bridgehead atoms. The van der Waals surface area contributed by atoms with Crippen LogP contribution >= 0.6 is 0 Å². The van der Waals surface area contributed by atoms with E-state index in [9.17, 15) is 18.3 Å². The van der Waals surface area contributed by atoms with Gasteiger partial charge in [-0.15, -0.1) is 0 Å². The second-order valence-corrected chi connectivity index (χ2v) is 6.92. The van der Waals surface area contributed by atoms with Crippen LogP contribution < -0.4 is 4.72 Å². The second kappa shape index (κ2) is 5.17. The van der Waals surface area contributed by atoms with E-state index in [0.717, 1.165) is 6.42 Å². The molecule has 1 aromatic heterocycles. The SMILES string of the molecule is Cc1nc(S(=O)(=O)NC2(C(=O)O)CCCCC2)cn1C. The van der Waals surface area contributed by atoms with Gasteiger partial charge in [0.15, 0.2) is 5.03 Å². The molecule has 0 aliphatic heterocycles. The van der Waals surface area contributed by atoms with Crippen molar-refractivity contribution in [2.45, 2.75) is 49.6 Å². The number of sulfonamides is 1. The van der Waals surface area contributed by atoms with Gasteiger partial charge in [0.2, 0.25) is 0 Å². The van der Waals surface area contributed by atoms with Crippen molar-refractivity contribution in [3.63, 3.8) is 0 Å². The Bertz CT molecular complexity index is 595. The quantitative estimate of drug-likeness (QED) is 0.856. The van der Waals surface area contributed by atoms with Crippen LogP contribution in [0.1, 0.15) is 37.9 Å². The van der Waals surface area contributed by atoms with E-state index in [4.69, 9.17) is 0 Å². The molecule has 0 spiro atoms. The van der Waals surface area contributed by atoms with E-state index in [1.165, 1.54) is 6.20 Å². The monoisotopic (exact) mass is 301 g/mol. The first-order chi connectivity index (χ1) is 9.27. The number of aryl methyl sites for hydroxylation is 2. The summed E-state index contributed by atoms with van der Waals surface area (Å²) in [5, 5.41) is 9.27. The van der Waals surface area contributed by atoms with Crippen LogP contribution in [0, 0.1) is 6.92 Å². The summed E-state index contributed by atoms with van der Waals surface area (Å²) >= 11 is 0. The van der Waals surface area contributed by atoms with Crippen molar-refractivity contribution in [3.8, 4) is 0 Å². The van der Waals surface area contributed by atoms with Crippen molar-refractivity contribution in [2.75, 3.05) is 0 Å². The minimum Gasteiger partial charge on any atom is -0.480 e. The highest BCUT2D eigenvalue weighted by Gasteiger charge is 2.43. The van der Waals surface area contributed by atoms with Gasteiger partial charge in [-0.2, -0.15) is 4.72 Å². The number of hydrogen-bond acceptors (Lipinski definition) is 4. The lowest BCUT2D eigenvalue weighted by atomic mass is 9.83. The smallest absolute Gasteiger partial charge is 0.324 e. The van der Waals surface area contributed by atoms with Crippen molar-refractivity contribution in [3.05, 3.63) is 12.0 Å². The molecule has 7 nitrogen and oxygen atoms in total. The third kappa shape index (κ3) is 2.71. The highest BCUT2D eigenvalue weighted by molar-refractivity contribution is 7.89. The molecule has 2 N–H and O–H groups in total. The predicted octanol–water partition coefficient (Wildman–Crippen LogP) is 0.794. The zero-order chi connectivity index (χ0) is 15.0. The first-order valence-electron chi connectivity index (χ1n) is 6.54. The van der Waals surface area contributed by atoms with Crippen molar-refractivity contribution in [1.29, 1.82) is 0 Å². The van der Waals surface area contributed by atoms with Gasteiger partial charge in [-0.05, 0) is 19.8 Å². The molecule has 112 valence electrons. The number of carboxylic acids is 1. The highest BCUT2D eigenvalue weighted by Crippen LogP contribution is 2.30. The number of aromatic nitrogens is 2. The van der Waals surface area contributed by atoms with E-state index in [1.807, 2.05) is 0 Å². The number of carboxylic acid groups (broad SMARTS) is 1. The molecule has 0 amide bonds. The number of rotatable bonds is 4. The molecule has 20 heavy (non-hydrogen) atoms. The number of carbonyl (C=O) groups is 1. The van der Waals surface area contributed by atoms with Crippen LogP contribution in [0.3, 0.4) is 0 Å². The molecule has 1 aromatic rings. The second-order valence-electron chi connectivity index (χ2n) is 5.29. The molecule has 1 aliphatic rings. The average Bonchev–Trinajstić information content (AvgIpc) is 2.71. The number of hydrogen-bond donors (Lipinski definition) is 2. The van der Waals surface area contributed by atoms with Gasteiger partial charge in [0.05, 0.1) is 0 Å². The summed E-state index contributed by atoms with van der Waals surface area (Å²) in [5.74, 6) is -0.563. The van der Waals surface area contributed by atoms with E-state index in [1.54, 1.807) is 18.5 Å². The third-order valence-electron chi connectivity index (χ3n) is 3.81. The summed E-state index contributed by atoms with van der Waals surface area (Å²) < 4.78 is 28.6. The van der Waals surface area contributed by atoms with Crippen molar-refractivity contribution >= 4 is 16.0 Å². The Morgan fingerprint density at radius 2 is 2.00 bits per heavy atom. The van der Waals surface area contributed by atoms with E-state index < -0.39 is 21.5 Å². The summed E-state index contributed by atoms with van der Waals surface area (Å²) in [6.07, 6.45) is 4.35. The number of imidazole rings is 1. The lowest BCUT2D eigenvalue weighted by molar-refractivity contribution is -0.145. The predicted molar refractivity (Wildman–Crippen MR) is 71.7 cm³/mol. The zero-order valence-electron chi connectivity index (χ0n) is 11.6. The van der Waals surface area contributed by atoms with Crippen molar-refractivity contribution in [1.82, 2.24) is 14.3 Å². The molecule has 1 saturated carbocycles. The summed E-state index contributed by atoms with van der Waals surface area (Å²) in [6.45, 7) is 1.69. The maximum Gasteiger partial charge on any atom is 0.324 e. The molecule has 0 radical (unpaired) electrons. The first-order valence-corrected chi connectivity index (χ1v) is 8.02. The maximum atomic E-state index is 12.3. The van der Waals surface area contributed by atoms with Gasteiger partial charge >= 0.3 is 5.97 Å². The van der Waals surface area contributed by atoms with Crippen molar-refractivity contribution in [2.24, 2.45) is 7.05 Å². The van der Waals surface area contributed by atoms with Crippen molar-refractivity contribution < 1.29 is 18.3 Å². The normalized spacial score (nSPS) is 18.9. The maximum absolute atomic E-state index is 12.3. The van der Waals surface area contributed by atoms with Crippen LogP contribution in [0.15, 0.2) is 11.2 Å². The van der Waals surface area contributed by atoms with Gasteiger partial charge in [0.1, 0.15) is 11.4 Å². The molecular weight excluding hydrogens is 282 g/mol. The Morgan fingerprint density at radius 3 is 2.45 bits per heavy atom. The molecule has 2 rings (SSSR count). The van der Waals surface area contributed by atoms with E-state index in [-0.39, 0.29) is 5.03 Å². The molecule has 1 heterocycles. The Hall–Kier alpha value is -1.41. The van der Waals surface area contributed by atoms with Crippen LogP contribution in [0.4, 0.5) is 0 Å². The molecule has 1 aliphatic carbocycles. The van der Waals surface area contributed by atoms with Gasteiger partial charge in [-0.1, -0.05) is 19.3 Å². The molecular formula is C12H19N3O4S. The fourth-order valence-electron chi connectivity index (χ4n) is 2.48.